The van der Waals surface area contributed by atoms with Crippen molar-refractivity contribution in [2.45, 2.75) is 51.9 Å². The van der Waals surface area contributed by atoms with E-state index in [4.69, 9.17) is 14.2 Å². The lowest BCUT2D eigenvalue weighted by molar-refractivity contribution is 0.286. The molecule has 0 radical (unpaired) electrons. The first kappa shape index (κ1) is 20.9. The van der Waals surface area contributed by atoms with Gasteiger partial charge >= 0.3 is 0 Å². The van der Waals surface area contributed by atoms with E-state index in [-0.39, 0.29) is 0 Å². The van der Waals surface area contributed by atoms with E-state index in [1.165, 1.54) is 32.1 Å². The number of unbranched alkanes of at least 4 members (excludes halogenated alkanes) is 5. The molecule has 26 heavy (non-hydrogen) atoms. The number of rotatable bonds is 13. The van der Waals surface area contributed by atoms with Crippen LogP contribution in [0.2, 0.25) is 0 Å². The van der Waals surface area contributed by atoms with Crippen LogP contribution in [0.25, 0.3) is 10.8 Å². The van der Waals surface area contributed by atoms with Crippen LogP contribution in [0.5, 0.6) is 17.2 Å². The minimum Gasteiger partial charge on any atom is -0.494 e. The highest BCUT2D eigenvalue weighted by molar-refractivity contribution is 9.09. The number of alkyl halides is 1. The zero-order chi connectivity index (χ0) is 18.6. The van der Waals surface area contributed by atoms with Gasteiger partial charge < -0.3 is 14.2 Å². The number of hydrogen-bond acceptors (Lipinski definition) is 3. The van der Waals surface area contributed by atoms with Crippen LogP contribution >= 0.6 is 15.9 Å². The number of methoxy groups -OCH3 is 1. The maximum Gasteiger partial charge on any atom is 0.168 e. The Bertz CT molecular complexity index is 657. The van der Waals surface area contributed by atoms with Gasteiger partial charge in [-0.1, -0.05) is 54.6 Å². The van der Waals surface area contributed by atoms with Crippen molar-refractivity contribution in [3.8, 4) is 17.2 Å². The van der Waals surface area contributed by atoms with Crippen LogP contribution in [0.4, 0.5) is 0 Å². The SMILES string of the molecule is CCCOc1ccc2c(OC)c(OCCCCCCCCBr)ccc2c1. The lowest BCUT2D eigenvalue weighted by atomic mass is 10.1. The zero-order valence-electron chi connectivity index (χ0n) is 16.1. The Labute approximate surface area is 166 Å². The summed E-state index contributed by atoms with van der Waals surface area (Å²) < 4.78 is 17.3. The van der Waals surface area contributed by atoms with E-state index in [0.29, 0.717) is 0 Å². The second-order valence-electron chi connectivity index (χ2n) is 6.49. The summed E-state index contributed by atoms with van der Waals surface area (Å²) in [5.74, 6) is 2.53. The van der Waals surface area contributed by atoms with E-state index < -0.39 is 0 Å². The zero-order valence-corrected chi connectivity index (χ0v) is 17.6. The molecule has 0 unspecified atom stereocenters. The molecule has 0 aliphatic heterocycles. The van der Waals surface area contributed by atoms with Crippen molar-refractivity contribution >= 4 is 26.7 Å². The number of fused-ring (bicyclic) bond motifs is 1. The first-order valence-electron chi connectivity index (χ1n) is 9.72. The van der Waals surface area contributed by atoms with Crippen molar-refractivity contribution in [2.24, 2.45) is 0 Å². The Balaban J connectivity index is 1.91. The van der Waals surface area contributed by atoms with Crippen molar-refractivity contribution in [1.29, 1.82) is 0 Å². The number of hydrogen-bond donors (Lipinski definition) is 0. The Morgan fingerprint density at radius 2 is 1.62 bits per heavy atom. The molecule has 2 aromatic carbocycles. The molecule has 2 rings (SSSR count). The fraction of sp³-hybridized carbons (Fsp3) is 0.545. The van der Waals surface area contributed by atoms with Crippen molar-refractivity contribution in [1.82, 2.24) is 0 Å². The summed E-state index contributed by atoms with van der Waals surface area (Å²) in [6.45, 7) is 3.58. The van der Waals surface area contributed by atoms with E-state index in [0.717, 1.165) is 59.4 Å². The molecule has 0 N–H and O–H groups in total. The van der Waals surface area contributed by atoms with Gasteiger partial charge in [-0.2, -0.15) is 0 Å². The number of halogens is 1. The molecule has 0 aliphatic carbocycles. The smallest absolute Gasteiger partial charge is 0.168 e. The minimum atomic E-state index is 0.734. The summed E-state index contributed by atoms with van der Waals surface area (Å²) in [5.41, 5.74) is 0. The second-order valence-corrected chi connectivity index (χ2v) is 7.28. The summed E-state index contributed by atoms with van der Waals surface area (Å²) >= 11 is 3.48. The third-order valence-corrected chi connectivity index (χ3v) is 4.93. The summed E-state index contributed by atoms with van der Waals surface area (Å²) in [6.07, 6.45) is 8.49. The molecule has 0 saturated carbocycles. The largest absolute Gasteiger partial charge is 0.494 e. The standard InChI is InChI=1S/C22H31BrO3/c1-3-15-25-19-11-12-20-18(17-19)10-13-21(22(20)24-2)26-16-9-7-5-4-6-8-14-23/h10-13,17H,3-9,14-16H2,1-2H3. The maximum absolute atomic E-state index is 6.00. The first-order chi connectivity index (χ1) is 12.8. The fourth-order valence-corrected chi connectivity index (χ4v) is 3.38. The topological polar surface area (TPSA) is 27.7 Å². The maximum atomic E-state index is 6.00. The van der Waals surface area contributed by atoms with Crippen molar-refractivity contribution < 1.29 is 14.2 Å². The van der Waals surface area contributed by atoms with Gasteiger partial charge in [0.1, 0.15) is 5.75 Å². The average Bonchev–Trinajstić information content (AvgIpc) is 2.67. The predicted molar refractivity (Wildman–Crippen MR) is 113 cm³/mol. The number of ether oxygens (including phenoxy) is 3. The Morgan fingerprint density at radius 1 is 0.846 bits per heavy atom. The summed E-state index contributed by atoms with van der Waals surface area (Å²) in [5, 5.41) is 3.28. The molecular weight excluding hydrogens is 392 g/mol. The van der Waals surface area contributed by atoms with Crippen LogP contribution in [-0.2, 0) is 0 Å². The lowest BCUT2D eigenvalue weighted by Crippen LogP contribution is -2.00. The number of benzene rings is 2. The average molecular weight is 423 g/mol. The van der Waals surface area contributed by atoms with E-state index in [2.05, 4.69) is 41.1 Å². The van der Waals surface area contributed by atoms with Crippen molar-refractivity contribution in [3.63, 3.8) is 0 Å². The molecule has 0 atom stereocenters. The molecule has 0 aliphatic rings. The third kappa shape index (κ3) is 6.39. The molecule has 0 saturated heterocycles. The van der Waals surface area contributed by atoms with Gasteiger partial charge in [0.25, 0.3) is 0 Å². The van der Waals surface area contributed by atoms with Crippen LogP contribution in [-0.4, -0.2) is 25.7 Å². The predicted octanol–water partition coefficient (Wildman–Crippen LogP) is 6.75. The van der Waals surface area contributed by atoms with Gasteiger partial charge in [-0.3, -0.25) is 0 Å². The lowest BCUT2D eigenvalue weighted by Gasteiger charge is -2.14. The van der Waals surface area contributed by atoms with Crippen LogP contribution in [0.15, 0.2) is 30.3 Å². The fourth-order valence-electron chi connectivity index (χ4n) is 2.98. The normalized spacial score (nSPS) is 10.9. The Hall–Kier alpha value is -1.42. The molecule has 0 amide bonds. The highest BCUT2D eigenvalue weighted by Crippen LogP contribution is 2.37. The van der Waals surface area contributed by atoms with E-state index >= 15 is 0 Å². The van der Waals surface area contributed by atoms with Crippen molar-refractivity contribution in [3.05, 3.63) is 30.3 Å². The Kier molecular flexibility index (Phi) is 9.68. The summed E-state index contributed by atoms with van der Waals surface area (Å²) in [6, 6.07) is 10.2. The van der Waals surface area contributed by atoms with Gasteiger partial charge in [-0.15, -0.1) is 0 Å². The van der Waals surface area contributed by atoms with Crippen LogP contribution in [0, 0.1) is 0 Å². The van der Waals surface area contributed by atoms with Crippen LogP contribution in [0.3, 0.4) is 0 Å². The van der Waals surface area contributed by atoms with Gasteiger partial charge in [0.2, 0.25) is 0 Å². The van der Waals surface area contributed by atoms with E-state index in [1.807, 2.05) is 12.1 Å². The van der Waals surface area contributed by atoms with Gasteiger partial charge in [-0.25, -0.2) is 0 Å². The monoisotopic (exact) mass is 422 g/mol. The van der Waals surface area contributed by atoms with E-state index in [9.17, 15) is 0 Å². The highest BCUT2D eigenvalue weighted by atomic mass is 79.9. The third-order valence-electron chi connectivity index (χ3n) is 4.37. The molecule has 0 aromatic heterocycles. The molecule has 0 spiro atoms. The molecule has 0 heterocycles. The van der Waals surface area contributed by atoms with Gasteiger partial charge in [0.15, 0.2) is 11.5 Å². The second kappa shape index (κ2) is 12.1. The van der Waals surface area contributed by atoms with Gasteiger partial charge in [0.05, 0.1) is 20.3 Å². The summed E-state index contributed by atoms with van der Waals surface area (Å²) in [7, 11) is 1.70. The Morgan fingerprint density at radius 3 is 2.35 bits per heavy atom. The van der Waals surface area contributed by atoms with Gasteiger partial charge in [-0.05, 0) is 48.9 Å². The first-order valence-corrected chi connectivity index (χ1v) is 10.8. The highest BCUT2D eigenvalue weighted by Gasteiger charge is 2.10. The van der Waals surface area contributed by atoms with Crippen LogP contribution < -0.4 is 14.2 Å². The summed E-state index contributed by atoms with van der Waals surface area (Å²) in [4.78, 5) is 0. The van der Waals surface area contributed by atoms with E-state index in [1.54, 1.807) is 7.11 Å². The molecule has 3 nitrogen and oxygen atoms in total. The van der Waals surface area contributed by atoms with Gasteiger partial charge in [0, 0.05) is 10.7 Å². The molecule has 2 aromatic rings. The molecule has 4 heteroatoms. The molecule has 0 fully saturated rings. The molecule has 144 valence electrons. The quantitative estimate of drug-likeness (QED) is 0.263. The van der Waals surface area contributed by atoms with Crippen molar-refractivity contribution in [2.75, 3.05) is 25.7 Å². The molecular formula is C22H31BrO3. The van der Waals surface area contributed by atoms with Crippen LogP contribution in [0.1, 0.15) is 51.9 Å². The molecule has 0 bridgehead atoms. The minimum absolute atomic E-state index is 0.734.